The van der Waals surface area contributed by atoms with E-state index in [1.54, 1.807) is 0 Å². The number of piperazine rings is 1. The Hall–Kier alpha value is -3.12. The Bertz CT molecular complexity index is 1020. The van der Waals surface area contributed by atoms with E-state index in [-0.39, 0.29) is 11.8 Å². The summed E-state index contributed by atoms with van der Waals surface area (Å²) in [5.41, 5.74) is 0.446. The lowest BCUT2D eigenvalue weighted by atomic mass is 9.81. The van der Waals surface area contributed by atoms with E-state index < -0.39 is 11.6 Å². The molecule has 0 bridgehead atoms. The number of piperidine rings is 1. The molecule has 2 saturated heterocycles. The Morgan fingerprint density at radius 2 is 1.69 bits per heavy atom. The summed E-state index contributed by atoms with van der Waals surface area (Å²) in [7, 11) is 0. The molecule has 0 radical (unpaired) electrons. The summed E-state index contributed by atoms with van der Waals surface area (Å²) in [6.07, 6.45) is 5.89. The van der Waals surface area contributed by atoms with Gasteiger partial charge in [-0.15, -0.1) is 0 Å². The maximum absolute atomic E-state index is 13.4. The van der Waals surface area contributed by atoms with Crippen LogP contribution in [0.5, 0.6) is 11.5 Å². The topological polar surface area (TPSA) is 61.9 Å². The number of para-hydroxylation sites is 1. The van der Waals surface area contributed by atoms with E-state index in [0.717, 1.165) is 31.1 Å². The van der Waals surface area contributed by atoms with Crippen LogP contribution in [0.25, 0.3) is 0 Å². The number of benzene rings is 2. The Balaban J connectivity index is 1.39. The highest BCUT2D eigenvalue weighted by molar-refractivity contribution is 6.00. The third-order valence-corrected chi connectivity index (χ3v) is 7.03. The highest BCUT2D eigenvalue weighted by Crippen LogP contribution is 2.34. The average molecular weight is 476 g/mol. The number of nitrogens with one attached hydrogen (secondary N) is 1. The lowest BCUT2D eigenvalue weighted by Crippen LogP contribution is -2.72. The van der Waals surface area contributed by atoms with Crippen molar-refractivity contribution in [2.75, 3.05) is 19.6 Å². The fraction of sp³-hybridized carbons (Fsp3) is 0.448. The van der Waals surface area contributed by atoms with Crippen LogP contribution in [0.2, 0.25) is 0 Å². The Morgan fingerprint density at radius 1 is 1.03 bits per heavy atom. The molecule has 35 heavy (non-hydrogen) atoms. The average Bonchev–Trinajstić information content (AvgIpc) is 2.85. The summed E-state index contributed by atoms with van der Waals surface area (Å²) in [5, 5.41) is 3.07. The number of amides is 2. The molecular weight excluding hydrogens is 438 g/mol. The summed E-state index contributed by atoms with van der Waals surface area (Å²) in [5.74, 6) is 2.03. The highest BCUT2D eigenvalue weighted by atomic mass is 16.5. The van der Waals surface area contributed by atoms with E-state index in [2.05, 4.69) is 36.2 Å². The van der Waals surface area contributed by atoms with Crippen molar-refractivity contribution < 1.29 is 14.3 Å². The molecule has 2 amide bonds. The van der Waals surface area contributed by atoms with E-state index in [9.17, 15) is 9.59 Å². The first-order chi connectivity index (χ1) is 16.9. The van der Waals surface area contributed by atoms with Crippen LogP contribution in [-0.4, -0.2) is 52.8 Å². The van der Waals surface area contributed by atoms with Crippen LogP contribution in [0.15, 0.2) is 66.7 Å². The van der Waals surface area contributed by atoms with Crippen LogP contribution in [0.3, 0.4) is 0 Å². The number of carbonyl (C=O) groups excluding carboxylic acids is 2. The third kappa shape index (κ3) is 5.76. The van der Waals surface area contributed by atoms with Gasteiger partial charge in [-0.1, -0.05) is 56.3 Å². The summed E-state index contributed by atoms with van der Waals surface area (Å²) in [6, 6.07) is 17.5. The molecule has 1 N–H and O–H groups in total. The molecule has 2 aliphatic rings. The van der Waals surface area contributed by atoms with Crippen LogP contribution < -0.4 is 10.1 Å². The third-order valence-electron chi connectivity index (χ3n) is 7.03. The first-order valence-electron chi connectivity index (χ1n) is 12.7. The SMILES string of the molecule is CC=CCN1C(=O)C(CC(C)C)NC(=O)C12CCN(Cc1ccc(Oc3ccccc3)cc1)CC2. The number of ether oxygens (including phenoxy) is 1. The van der Waals surface area contributed by atoms with Gasteiger partial charge in [0.1, 0.15) is 23.1 Å². The Morgan fingerprint density at radius 3 is 2.31 bits per heavy atom. The second-order valence-electron chi connectivity index (χ2n) is 10.0. The van der Waals surface area contributed by atoms with Crippen molar-refractivity contribution in [3.63, 3.8) is 0 Å². The predicted molar refractivity (Wildman–Crippen MR) is 138 cm³/mol. The van der Waals surface area contributed by atoms with Gasteiger partial charge in [-0.25, -0.2) is 0 Å². The van der Waals surface area contributed by atoms with Crippen LogP contribution in [-0.2, 0) is 16.1 Å². The summed E-state index contributed by atoms with van der Waals surface area (Å²) < 4.78 is 5.90. The molecule has 2 fully saturated rings. The zero-order valence-electron chi connectivity index (χ0n) is 21.1. The van der Waals surface area contributed by atoms with Crippen LogP contribution in [0.4, 0.5) is 0 Å². The smallest absolute Gasteiger partial charge is 0.246 e. The van der Waals surface area contributed by atoms with Gasteiger partial charge in [0, 0.05) is 26.2 Å². The normalized spacial score (nSPS) is 20.6. The van der Waals surface area contributed by atoms with Crippen molar-refractivity contribution in [2.45, 2.75) is 58.2 Å². The van der Waals surface area contributed by atoms with Gasteiger partial charge < -0.3 is 15.0 Å². The molecule has 1 spiro atoms. The van der Waals surface area contributed by atoms with E-state index in [1.807, 2.05) is 66.4 Å². The first-order valence-corrected chi connectivity index (χ1v) is 12.7. The monoisotopic (exact) mass is 475 g/mol. The van der Waals surface area contributed by atoms with Gasteiger partial charge in [0.15, 0.2) is 0 Å². The number of hydrogen-bond acceptors (Lipinski definition) is 4. The molecule has 2 heterocycles. The van der Waals surface area contributed by atoms with Gasteiger partial charge in [0.25, 0.3) is 0 Å². The number of hydrogen-bond donors (Lipinski definition) is 1. The lowest BCUT2D eigenvalue weighted by Gasteiger charge is -2.51. The maximum atomic E-state index is 13.4. The number of allylic oxidation sites excluding steroid dienone is 1. The van der Waals surface area contributed by atoms with Crippen molar-refractivity contribution in [1.29, 1.82) is 0 Å². The quantitative estimate of drug-likeness (QED) is 0.559. The molecule has 1 atom stereocenters. The minimum Gasteiger partial charge on any atom is -0.457 e. The largest absolute Gasteiger partial charge is 0.457 e. The standard InChI is InChI=1S/C29H37N3O3/c1-4-5-17-32-27(33)26(20-22(2)3)30-28(34)29(32)15-18-31(19-16-29)21-23-11-13-25(14-12-23)35-24-9-7-6-8-10-24/h4-14,22,26H,15-21H2,1-3H3,(H,30,34). The molecule has 2 aromatic rings. The molecule has 6 heteroatoms. The molecule has 1 unspecified atom stereocenters. The summed E-state index contributed by atoms with van der Waals surface area (Å²) in [6.45, 7) is 8.94. The molecule has 0 aliphatic carbocycles. The van der Waals surface area contributed by atoms with Crippen molar-refractivity contribution in [1.82, 2.24) is 15.1 Å². The van der Waals surface area contributed by atoms with Crippen molar-refractivity contribution in [3.8, 4) is 11.5 Å². The molecule has 0 aromatic heterocycles. The van der Waals surface area contributed by atoms with Crippen molar-refractivity contribution >= 4 is 11.8 Å². The fourth-order valence-corrected chi connectivity index (χ4v) is 5.11. The molecule has 186 valence electrons. The van der Waals surface area contributed by atoms with Gasteiger partial charge in [-0.05, 0) is 61.9 Å². The zero-order valence-corrected chi connectivity index (χ0v) is 21.1. The molecule has 2 aromatic carbocycles. The number of rotatable bonds is 8. The maximum Gasteiger partial charge on any atom is 0.246 e. The Kier molecular flexibility index (Phi) is 7.91. The predicted octanol–water partition coefficient (Wildman–Crippen LogP) is 4.76. The summed E-state index contributed by atoms with van der Waals surface area (Å²) in [4.78, 5) is 31.0. The van der Waals surface area contributed by atoms with Crippen LogP contribution in [0, 0.1) is 5.92 Å². The first kappa shape index (κ1) is 25.0. The van der Waals surface area contributed by atoms with Crippen LogP contribution >= 0.6 is 0 Å². The zero-order chi connectivity index (χ0) is 24.8. The second-order valence-corrected chi connectivity index (χ2v) is 10.0. The van der Waals surface area contributed by atoms with Crippen LogP contribution in [0.1, 0.15) is 45.6 Å². The lowest BCUT2D eigenvalue weighted by molar-refractivity contribution is -0.160. The van der Waals surface area contributed by atoms with Gasteiger partial charge >= 0.3 is 0 Å². The van der Waals surface area contributed by atoms with E-state index in [1.165, 1.54) is 5.56 Å². The van der Waals surface area contributed by atoms with E-state index >= 15 is 0 Å². The van der Waals surface area contributed by atoms with E-state index in [4.69, 9.17) is 4.74 Å². The molecule has 0 saturated carbocycles. The second kappa shape index (κ2) is 11.1. The number of nitrogens with zero attached hydrogens (tertiary/aromatic N) is 2. The van der Waals surface area contributed by atoms with Crippen molar-refractivity contribution in [3.05, 3.63) is 72.3 Å². The van der Waals surface area contributed by atoms with Gasteiger partial charge in [0.05, 0.1) is 0 Å². The molecule has 2 aliphatic heterocycles. The fourth-order valence-electron chi connectivity index (χ4n) is 5.11. The summed E-state index contributed by atoms with van der Waals surface area (Å²) >= 11 is 0. The highest BCUT2D eigenvalue weighted by Gasteiger charge is 2.53. The van der Waals surface area contributed by atoms with Gasteiger partial charge in [0.2, 0.25) is 11.8 Å². The molecule has 6 nitrogen and oxygen atoms in total. The minimum absolute atomic E-state index is 0.00863. The Labute approximate surface area is 208 Å². The number of carbonyl (C=O) groups is 2. The van der Waals surface area contributed by atoms with E-state index in [0.29, 0.717) is 31.7 Å². The number of likely N-dealkylation sites (tertiary alicyclic amines) is 1. The van der Waals surface area contributed by atoms with Gasteiger partial charge in [-0.2, -0.15) is 0 Å². The minimum atomic E-state index is -0.756. The van der Waals surface area contributed by atoms with Gasteiger partial charge in [-0.3, -0.25) is 14.5 Å². The molecule has 4 rings (SSSR count). The molecular formula is C29H37N3O3. The van der Waals surface area contributed by atoms with Crippen molar-refractivity contribution in [2.24, 2.45) is 5.92 Å².